The van der Waals surface area contributed by atoms with E-state index in [1.807, 2.05) is 6.07 Å². The molecule has 1 N–H and O–H groups in total. The zero-order valence-corrected chi connectivity index (χ0v) is 17.3. The molecule has 0 atom stereocenters. The van der Waals surface area contributed by atoms with Crippen LogP contribution in [-0.4, -0.2) is 26.2 Å². The summed E-state index contributed by atoms with van der Waals surface area (Å²) >= 11 is 7.56. The van der Waals surface area contributed by atoms with Crippen molar-refractivity contribution in [1.82, 2.24) is 5.32 Å². The monoisotopic (exact) mass is 435 g/mol. The maximum atomic E-state index is 14.3. The number of benzene rings is 2. The second-order valence-electron chi connectivity index (χ2n) is 6.59. The van der Waals surface area contributed by atoms with E-state index in [9.17, 15) is 9.18 Å². The van der Waals surface area contributed by atoms with Crippen LogP contribution in [0.5, 0.6) is 11.5 Å². The third-order valence-corrected chi connectivity index (χ3v) is 6.05. The van der Waals surface area contributed by atoms with Crippen molar-refractivity contribution < 1.29 is 23.4 Å². The van der Waals surface area contributed by atoms with Gasteiger partial charge in [-0.2, -0.15) is 0 Å². The van der Waals surface area contributed by atoms with Crippen molar-refractivity contribution in [1.29, 1.82) is 0 Å². The van der Waals surface area contributed by atoms with Crippen molar-refractivity contribution in [3.8, 4) is 11.5 Å². The minimum absolute atomic E-state index is 0.152. The average Bonchev–Trinajstić information content (AvgIpc) is 2.90. The molecule has 0 unspecified atom stereocenters. The van der Waals surface area contributed by atoms with Crippen LogP contribution in [0, 0.1) is 5.82 Å². The van der Waals surface area contributed by atoms with Crippen LogP contribution in [0.4, 0.5) is 4.39 Å². The summed E-state index contributed by atoms with van der Waals surface area (Å²) < 4.78 is 31.5. The molecule has 0 radical (unpaired) electrons. The highest BCUT2D eigenvalue weighted by Gasteiger charge is 2.21. The van der Waals surface area contributed by atoms with Gasteiger partial charge in [-0.15, -0.1) is 11.3 Å². The van der Waals surface area contributed by atoms with Gasteiger partial charge in [-0.3, -0.25) is 4.79 Å². The highest BCUT2D eigenvalue weighted by molar-refractivity contribution is 7.21. The Bertz CT molecular complexity index is 1070. The number of carbonyl (C=O) groups excluding carboxylic acids is 1. The summed E-state index contributed by atoms with van der Waals surface area (Å²) in [6.07, 6.45) is 0.780. The Morgan fingerprint density at radius 2 is 2.14 bits per heavy atom. The summed E-state index contributed by atoms with van der Waals surface area (Å²) in [5, 5.41) is 3.76. The fraction of sp³-hybridized carbons (Fsp3) is 0.286. The lowest BCUT2D eigenvalue weighted by Crippen LogP contribution is -2.23. The molecule has 1 aromatic heterocycles. The summed E-state index contributed by atoms with van der Waals surface area (Å²) in [6.45, 7) is 1.50. The predicted molar refractivity (Wildman–Crippen MR) is 111 cm³/mol. The van der Waals surface area contributed by atoms with Gasteiger partial charge in [0.25, 0.3) is 5.91 Å². The van der Waals surface area contributed by atoms with E-state index in [-0.39, 0.29) is 24.9 Å². The lowest BCUT2D eigenvalue weighted by molar-refractivity contribution is 0.0950. The predicted octanol–water partition coefficient (Wildman–Crippen LogP) is 4.93. The molecule has 0 fully saturated rings. The molecule has 5 nitrogen and oxygen atoms in total. The number of thiophene rings is 1. The molecule has 1 amide bonds. The van der Waals surface area contributed by atoms with Crippen molar-refractivity contribution in [3.05, 3.63) is 57.2 Å². The molecule has 1 aliphatic rings. The van der Waals surface area contributed by atoms with E-state index in [0.29, 0.717) is 50.3 Å². The Kier molecular flexibility index (Phi) is 5.89. The summed E-state index contributed by atoms with van der Waals surface area (Å²) in [6, 6.07) is 8.37. The number of methoxy groups -OCH3 is 1. The molecule has 0 saturated carbocycles. The van der Waals surface area contributed by atoms with Crippen LogP contribution in [0.3, 0.4) is 0 Å². The van der Waals surface area contributed by atoms with Gasteiger partial charge in [0, 0.05) is 35.7 Å². The molecule has 3 aromatic rings. The second kappa shape index (κ2) is 8.57. The summed E-state index contributed by atoms with van der Waals surface area (Å²) in [5.41, 5.74) is 1.34. The van der Waals surface area contributed by atoms with Crippen molar-refractivity contribution in [2.75, 3.05) is 20.3 Å². The fourth-order valence-electron chi connectivity index (χ4n) is 3.28. The van der Waals surface area contributed by atoms with Gasteiger partial charge in [0.05, 0.1) is 29.7 Å². The quantitative estimate of drug-likeness (QED) is 0.617. The molecule has 2 heterocycles. The van der Waals surface area contributed by atoms with Crippen LogP contribution >= 0.6 is 22.9 Å². The smallest absolute Gasteiger partial charge is 0.262 e. The van der Waals surface area contributed by atoms with Gasteiger partial charge in [0.15, 0.2) is 11.5 Å². The fourth-order valence-corrected chi connectivity index (χ4v) is 4.71. The number of ether oxygens (including phenoxy) is 3. The number of halogens is 2. The molecule has 2 aromatic carbocycles. The van der Waals surface area contributed by atoms with Gasteiger partial charge in [-0.25, -0.2) is 4.39 Å². The Balaban J connectivity index is 1.58. The first-order valence-corrected chi connectivity index (χ1v) is 10.3. The van der Waals surface area contributed by atoms with Crippen molar-refractivity contribution in [3.63, 3.8) is 0 Å². The lowest BCUT2D eigenvalue weighted by Gasteiger charge is -2.12. The molecule has 0 aliphatic carbocycles. The first-order chi connectivity index (χ1) is 14.1. The average molecular weight is 436 g/mol. The topological polar surface area (TPSA) is 56.8 Å². The number of carbonyl (C=O) groups is 1. The summed E-state index contributed by atoms with van der Waals surface area (Å²) in [4.78, 5) is 13.3. The van der Waals surface area contributed by atoms with Gasteiger partial charge in [0.1, 0.15) is 5.82 Å². The molecule has 0 saturated heterocycles. The van der Waals surface area contributed by atoms with Crippen LogP contribution in [0.1, 0.15) is 27.2 Å². The number of fused-ring (bicyclic) bond motifs is 2. The van der Waals surface area contributed by atoms with E-state index >= 15 is 0 Å². The summed E-state index contributed by atoms with van der Waals surface area (Å²) in [7, 11) is 1.52. The van der Waals surface area contributed by atoms with E-state index in [2.05, 4.69) is 5.32 Å². The molecule has 4 rings (SSSR count). The Morgan fingerprint density at radius 3 is 2.97 bits per heavy atom. The third kappa shape index (κ3) is 4.03. The third-order valence-electron chi connectivity index (χ3n) is 4.57. The van der Waals surface area contributed by atoms with Crippen molar-refractivity contribution >= 4 is 38.9 Å². The molecular formula is C21H19ClFNO4S. The van der Waals surface area contributed by atoms with Gasteiger partial charge >= 0.3 is 0 Å². The van der Waals surface area contributed by atoms with Crippen LogP contribution in [-0.2, 0) is 17.9 Å². The Morgan fingerprint density at radius 1 is 1.31 bits per heavy atom. The highest BCUT2D eigenvalue weighted by atomic mass is 35.5. The van der Waals surface area contributed by atoms with E-state index in [4.69, 9.17) is 25.8 Å². The summed E-state index contributed by atoms with van der Waals surface area (Å²) in [5.74, 6) is 0.449. The standard InChI is InChI=1S/C21H19ClFNO4S/c1-26-11-13-18-15(23)4-2-5-17(18)29-20(13)21(25)24-10-12-8-14(22)19-16(9-12)27-6-3-7-28-19/h2,4-5,8-9H,3,6-7,10-11H2,1H3,(H,24,25). The first kappa shape index (κ1) is 19.9. The van der Waals surface area contributed by atoms with Crippen molar-refractivity contribution in [2.24, 2.45) is 0 Å². The maximum absolute atomic E-state index is 14.3. The zero-order valence-electron chi connectivity index (χ0n) is 15.7. The number of amides is 1. The molecule has 0 spiro atoms. The zero-order chi connectivity index (χ0) is 20.4. The van der Waals surface area contributed by atoms with E-state index in [1.165, 1.54) is 24.5 Å². The number of hydrogen-bond donors (Lipinski definition) is 1. The SMILES string of the molecule is COCc1c(C(=O)NCc2cc(Cl)c3c(c2)OCCCO3)sc2cccc(F)c12. The lowest BCUT2D eigenvalue weighted by atomic mass is 10.1. The van der Waals surface area contributed by atoms with Crippen LogP contribution in [0.15, 0.2) is 30.3 Å². The van der Waals surface area contributed by atoms with E-state index in [0.717, 1.165) is 12.0 Å². The van der Waals surface area contributed by atoms with Gasteiger partial charge in [-0.05, 0) is 29.8 Å². The molecule has 8 heteroatoms. The molecule has 152 valence electrons. The van der Waals surface area contributed by atoms with Crippen molar-refractivity contribution in [2.45, 2.75) is 19.6 Å². The minimum atomic E-state index is -0.362. The highest BCUT2D eigenvalue weighted by Crippen LogP contribution is 2.38. The second-order valence-corrected chi connectivity index (χ2v) is 8.05. The van der Waals surface area contributed by atoms with Gasteiger partial charge < -0.3 is 19.5 Å². The first-order valence-electron chi connectivity index (χ1n) is 9.13. The van der Waals surface area contributed by atoms with Crippen LogP contribution < -0.4 is 14.8 Å². The van der Waals surface area contributed by atoms with Crippen LogP contribution in [0.25, 0.3) is 10.1 Å². The molecule has 0 bridgehead atoms. The van der Waals surface area contributed by atoms with Crippen LogP contribution in [0.2, 0.25) is 5.02 Å². The normalized spacial score (nSPS) is 13.3. The number of hydrogen-bond acceptors (Lipinski definition) is 5. The number of rotatable bonds is 5. The van der Waals surface area contributed by atoms with E-state index < -0.39 is 0 Å². The molecular weight excluding hydrogens is 417 g/mol. The van der Waals surface area contributed by atoms with Gasteiger partial charge in [-0.1, -0.05) is 17.7 Å². The molecule has 1 aliphatic heterocycles. The number of nitrogens with one attached hydrogen (secondary N) is 1. The molecule has 29 heavy (non-hydrogen) atoms. The Labute approximate surface area is 176 Å². The Hall–Kier alpha value is -2.35. The van der Waals surface area contributed by atoms with E-state index in [1.54, 1.807) is 18.2 Å². The maximum Gasteiger partial charge on any atom is 0.262 e. The minimum Gasteiger partial charge on any atom is -0.489 e. The van der Waals surface area contributed by atoms with Gasteiger partial charge in [0.2, 0.25) is 0 Å². The largest absolute Gasteiger partial charge is 0.489 e.